The first-order chi connectivity index (χ1) is 2.77. The number of carbonyl (C=O) groups excluding carboxylic acids is 1. The summed E-state index contributed by atoms with van der Waals surface area (Å²) < 4.78 is 4.18. The van der Waals surface area contributed by atoms with Crippen LogP contribution >= 0.6 is 0 Å². The molecule has 0 unspecified atom stereocenters. The van der Waals surface area contributed by atoms with Crippen LogP contribution in [0, 0.1) is 0 Å². The molecule has 0 saturated carbocycles. The fraction of sp³-hybridized carbons (Fsp3) is 0.667. The van der Waals surface area contributed by atoms with E-state index in [2.05, 4.69) is 10.5 Å². The number of ether oxygens (including phenoxy) is 1. The minimum absolute atomic E-state index is 0. The van der Waals surface area contributed by atoms with Gasteiger partial charge in [-0.1, -0.05) is 0 Å². The molecule has 0 aliphatic carbocycles. The van der Waals surface area contributed by atoms with E-state index in [9.17, 15) is 4.79 Å². The maximum absolute atomic E-state index is 9.60. The van der Waals surface area contributed by atoms with Gasteiger partial charge >= 0.3 is 57.5 Å². The Labute approximate surface area is 85.0 Å². The first-order valence-corrected chi connectivity index (χ1v) is 1.69. The summed E-state index contributed by atoms with van der Waals surface area (Å²) in [6.07, 6.45) is -0.711. The summed E-state index contributed by atoms with van der Waals surface area (Å²) in [5.74, 6) is 0. The number of primary amides is 1. The first-order valence-electron chi connectivity index (χ1n) is 1.69. The standard InChI is InChI=1S/C3H7NO2.K.H/c1-2-6-3(4)5;;/h2H2,1H3,(H2,4,5);;. The summed E-state index contributed by atoms with van der Waals surface area (Å²) in [6, 6.07) is 0. The summed E-state index contributed by atoms with van der Waals surface area (Å²) in [5.41, 5.74) is 4.54. The molecule has 38 valence electrons. The van der Waals surface area contributed by atoms with Crippen molar-refractivity contribution in [2.45, 2.75) is 6.92 Å². The van der Waals surface area contributed by atoms with E-state index >= 15 is 0 Å². The van der Waals surface area contributed by atoms with Crippen LogP contribution < -0.4 is 5.73 Å². The van der Waals surface area contributed by atoms with Gasteiger partial charge in [-0.05, 0) is 6.92 Å². The van der Waals surface area contributed by atoms with Crippen molar-refractivity contribution < 1.29 is 9.53 Å². The Balaban J connectivity index is 0. The van der Waals surface area contributed by atoms with Gasteiger partial charge in [-0.2, -0.15) is 0 Å². The van der Waals surface area contributed by atoms with Crippen LogP contribution in [-0.2, 0) is 4.74 Å². The van der Waals surface area contributed by atoms with Crippen LogP contribution in [0.2, 0.25) is 0 Å². The van der Waals surface area contributed by atoms with E-state index in [-0.39, 0.29) is 51.4 Å². The van der Waals surface area contributed by atoms with Crippen LogP contribution in [0.4, 0.5) is 4.79 Å². The molecule has 0 heterocycles. The molecule has 3 nitrogen and oxygen atoms in total. The predicted molar refractivity (Wildman–Crippen MR) is 28.4 cm³/mol. The van der Waals surface area contributed by atoms with Crippen molar-refractivity contribution in [1.82, 2.24) is 0 Å². The van der Waals surface area contributed by atoms with E-state index in [1.165, 1.54) is 0 Å². The molecule has 0 spiro atoms. The third-order valence-electron chi connectivity index (χ3n) is 0.287. The number of rotatable bonds is 1. The van der Waals surface area contributed by atoms with E-state index in [0.717, 1.165) is 0 Å². The Morgan fingerprint density at radius 2 is 2.29 bits per heavy atom. The zero-order valence-electron chi connectivity index (χ0n) is 3.60. The van der Waals surface area contributed by atoms with Crippen LogP contribution in [0.5, 0.6) is 0 Å². The molecule has 7 heavy (non-hydrogen) atoms. The molecule has 0 aliphatic heterocycles. The van der Waals surface area contributed by atoms with Gasteiger partial charge in [0.15, 0.2) is 0 Å². The second-order valence-corrected chi connectivity index (χ2v) is 0.752. The third kappa shape index (κ3) is 10.9. The minimum atomic E-state index is -0.711. The van der Waals surface area contributed by atoms with Gasteiger partial charge in [-0.3, -0.25) is 0 Å². The Kier molecular flexibility index (Phi) is 10.7. The Bertz CT molecular complexity index is 56.9. The Morgan fingerprint density at radius 1 is 1.86 bits per heavy atom. The Morgan fingerprint density at radius 3 is 2.29 bits per heavy atom. The SMILES string of the molecule is CCOC(N)=O.[KH]. The quantitative estimate of drug-likeness (QED) is 0.483. The van der Waals surface area contributed by atoms with Gasteiger partial charge in [0.05, 0.1) is 6.61 Å². The van der Waals surface area contributed by atoms with Gasteiger partial charge in [0.25, 0.3) is 0 Å². The van der Waals surface area contributed by atoms with E-state index in [0.29, 0.717) is 6.61 Å². The molecule has 0 fully saturated rings. The van der Waals surface area contributed by atoms with E-state index < -0.39 is 6.09 Å². The summed E-state index contributed by atoms with van der Waals surface area (Å²) in [5, 5.41) is 0. The molecule has 0 rings (SSSR count). The van der Waals surface area contributed by atoms with Crippen LogP contribution in [0.25, 0.3) is 0 Å². The Hall–Kier alpha value is 0.906. The van der Waals surface area contributed by atoms with Crippen LogP contribution in [0.3, 0.4) is 0 Å². The van der Waals surface area contributed by atoms with Gasteiger partial charge in [-0.25, -0.2) is 4.79 Å². The molecular formula is C3H8KNO2. The fourth-order valence-corrected chi connectivity index (χ4v) is 0.142. The maximum atomic E-state index is 9.60. The number of amides is 1. The van der Waals surface area contributed by atoms with Gasteiger partial charge in [0.1, 0.15) is 0 Å². The van der Waals surface area contributed by atoms with Gasteiger partial charge in [0.2, 0.25) is 0 Å². The molecule has 0 radical (unpaired) electrons. The van der Waals surface area contributed by atoms with Crippen molar-refractivity contribution in [2.24, 2.45) is 5.73 Å². The van der Waals surface area contributed by atoms with Crippen LogP contribution in [-0.4, -0.2) is 64.1 Å². The monoisotopic (exact) mass is 129 g/mol. The van der Waals surface area contributed by atoms with Crippen LogP contribution in [0.15, 0.2) is 0 Å². The van der Waals surface area contributed by atoms with Crippen molar-refractivity contribution in [1.29, 1.82) is 0 Å². The molecule has 2 N–H and O–H groups in total. The average molecular weight is 129 g/mol. The molecule has 1 amide bonds. The second-order valence-electron chi connectivity index (χ2n) is 0.752. The van der Waals surface area contributed by atoms with Gasteiger partial charge < -0.3 is 10.5 Å². The molecule has 0 saturated heterocycles. The zero-order chi connectivity index (χ0) is 4.99. The zero-order valence-corrected chi connectivity index (χ0v) is 3.60. The van der Waals surface area contributed by atoms with Crippen molar-refractivity contribution in [2.75, 3.05) is 6.61 Å². The molecule has 0 aromatic rings. The number of hydrogen-bond acceptors (Lipinski definition) is 2. The fourth-order valence-electron chi connectivity index (χ4n) is 0.142. The van der Waals surface area contributed by atoms with Crippen molar-refractivity contribution in [3.05, 3.63) is 0 Å². The van der Waals surface area contributed by atoms with Gasteiger partial charge in [-0.15, -0.1) is 0 Å². The third-order valence-corrected chi connectivity index (χ3v) is 0.287. The molecular weight excluding hydrogens is 121 g/mol. The normalized spacial score (nSPS) is 6.43. The van der Waals surface area contributed by atoms with Crippen LogP contribution in [0.1, 0.15) is 6.92 Å². The first kappa shape index (κ1) is 10.8. The topological polar surface area (TPSA) is 52.3 Å². The number of nitrogens with two attached hydrogens (primary N) is 1. The van der Waals surface area contributed by atoms with Crippen molar-refractivity contribution in [3.8, 4) is 0 Å². The summed E-state index contributed by atoms with van der Waals surface area (Å²) in [6.45, 7) is 2.06. The summed E-state index contributed by atoms with van der Waals surface area (Å²) >= 11 is 0. The molecule has 0 aromatic carbocycles. The van der Waals surface area contributed by atoms with Crippen molar-refractivity contribution >= 4 is 57.5 Å². The molecule has 4 heteroatoms. The molecule has 0 bridgehead atoms. The molecule has 0 atom stereocenters. The average Bonchev–Trinajstić information content (AvgIpc) is 1.35. The molecule has 0 aliphatic rings. The van der Waals surface area contributed by atoms with E-state index in [4.69, 9.17) is 0 Å². The number of carbonyl (C=O) groups is 1. The molecule has 0 aromatic heterocycles. The summed E-state index contributed by atoms with van der Waals surface area (Å²) in [4.78, 5) is 9.60. The predicted octanol–water partition coefficient (Wildman–Crippen LogP) is -0.547. The van der Waals surface area contributed by atoms with E-state index in [1.54, 1.807) is 6.92 Å². The summed E-state index contributed by atoms with van der Waals surface area (Å²) in [7, 11) is 0. The van der Waals surface area contributed by atoms with Gasteiger partial charge in [0, 0.05) is 0 Å². The van der Waals surface area contributed by atoms with E-state index in [1.807, 2.05) is 0 Å². The number of hydrogen-bond donors (Lipinski definition) is 1. The second kappa shape index (κ2) is 6.91. The van der Waals surface area contributed by atoms with Crippen molar-refractivity contribution in [3.63, 3.8) is 0 Å².